The molecule has 2 rings (SSSR count). The molecule has 0 amide bonds. The first kappa shape index (κ1) is 14.4. The third-order valence-electron chi connectivity index (χ3n) is 5.34. The second kappa shape index (κ2) is 6.93. The Hall–Kier alpha value is -0.0400. The van der Waals surface area contributed by atoms with Crippen LogP contribution in [0.1, 0.15) is 72.1 Å². The van der Waals surface area contributed by atoms with Crippen molar-refractivity contribution in [2.45, 2.75) is 78.2 Å². The summed E-state index contributed by atoms with van der Waals surface area (Å²) >= 11 is 0. The van der Waals surface area contributed by atoms with Crippen LogP contribution in [0.4, 0.5) is 0 Å². The van der Waals surface area contributed by atoms with E-state index in [1.807, 2.05) is 0 Å². The predicted octanol–water partition coefficient (Wildman–Crippen LogP) is 4.62. The normalized spacial score (nSPS) is 38.0. The maximum absolute atomic E-state index is 3.70. The molecule has 2 aliphatic rings. The van der Waals surface area contributed by atoms with Crippen LogP contribution in [0.5, 0.6) is 0 Å². The Bertz CT molecular complexity index is 236. The molecule has 0 radical (unpaired) electrons. The predicted molar refractivity (Wildman–Crippen MR) is 79.7 cm³/mol. The Balaban J connectivity index is 1.89. The summed E-state index contributed by atoms with van der Waals surface area (Å²) in [4.78, 5) is 0. The van der Waals surface area contributed by atoms with Gasteiger partial charge in [0.05, 0.1) is 0 Å². The van der Waals surface area contributed by atoms with Crippen molar-refractivity contribution in [3.05, 3.63) is 0 Å². The molecule has 4 atom stereocenters. The van der Waals surface area contributed by atoms with Crippen molar-refractivity contribution in [3.8, 4) is 0 Å². The first-order chi connectivity index (χ1) is 8.66. The van der Waals surface area contributed by atoms with Crippen molar-refractivity contribution >= 4 is 0 Å². The second-order valence-electron chi connectivity index (χ2n) is 7.30. The average Bonchev–Trinajstić information content (AvgIpc) is 2.36. The lowest BCUT2D eigenvalue weighted by molar-refractivity contribution is 0.108. The van der Waals surface area contributed by atoms with Crippen LogP contribution in [-0.4, -0.2) is 12.6 Å². The maximum Gasteiger partial charge on any atom is 0.00104 e. The highest BCUT2D eigenvalue weighted by atomic mass is 14.9. The van der Waals surface area contributed by atoms with Crippen LogP contribution in [0.2, 0.25) is 0 Å². The minimum absolute atomic E-state index is 0.651. The third-order valence-corrected chi connectivity index (χ3v) is 5.34. The Morgan fingerprint density at radius 3 is 2.50 bits per heavy atom. The van der Waals surface area contributed by atoms with Gasteiger partial charge in [-0.1, -0.05) is 52.9 Å². The quantitative estimate of drug-likeness (QED) is 0.769. The largest absolute Gasteiger partial charge is 0.314 e. The molecule has 0 aromatic carbocycles. The van der Waals surface area contributed by atoms with Crippen LogP contribution in [0, 0.1) is 23.7 Å². The van der Waals surface area contributed by atoms with E-state index in [1.165, 1.54) is 57.9 Å². The summed E-state index contributed by atoms with van der Waals surface area (Å²) in [5.74, 6) is 4.04. The summed E-state index contributed by atoms with van der Waals surface area (Å²) in [5.41, 5.74) is 0. The van der Waals surface area contributed by atoms with E-state index < -0.39 is 0 Å². The summed E-state index contributed by atoms with van der Waals surface area (Å²) in [5, 5.41) is 3.70. The molecule has 0 heterocycles. The van der Waals surface area contributed by atoms with Crippen LogP contribution in [0.3, 0.4) is 0 Å². The van der Waals surface area contributed by atoms with E-state index in [0.29, 0.717) is 6.04 Å². The molecular weight excluding hydrogens is 218 g/mol. The van der Waals surface area contributed by atoms with Gasteiger partial charge in [0.25, 0.3) is 0 Å². The fourth-order valence-electron chi connectivity index (χ4n) is 4.37. The van der Waals surface area contributed by atoms with Gasteiger partial charge < -0.3 is 5.32 Å². The Labute approximate surface area is 114 Å². The first-order valence-corrected chi connectivity index (χ1v) is 8.40. The van der Waals surface area contributed by atoms with E-state index in [-0.39, 0.29) is 0 Å². The molecular formula is C17H33N. The highest BCUT2D eigenvalue weighted by molar-refractivity contribution is 4.85. The summed E-state index contributed by atoms with van der Waals surface area (Å²) in [6.45, 7) is 8.30. The number of nitrogens with one attached hydrogen (secondary N) is 1. The van der Waals surface area contributed by atoms with Crippen LogP contribution in [-0.2, 0) is 0 Å². The molecule has 2 aliphatic carbocycles. The van der Waals surface area contributed by atoms with E-state index in [9.17, 15) is 0 Å². The van der Waals surface area contributed by atoms with Crippen LogP contribution in [0.15, 0.2) is 0 Å². The highest BCUT2D eigenvalue weighted by Crippen LogP contribution is 2.42. The minimum Gasteiger partial charge on any atom is -0.314 e. The van der Waals surface area contributed by atoms with Gasteiger partial charge in [-0.3, -0.25) is 0 Å². The number of hydrogen-bond donors (Lipinski definition) is 1. The Kier molecular flexibility index (Phi) is 5.54. The fraction of sp³-hybridized carbons (Fsp3) is 1.00. The van der Waals surface area contributed by atoms with Crippen LogP contribution >= 0.6 is 0 Å². The van der Waals surface area contributed by atoms with E-state index in [1.54, 1.807) is 0 Å². The molecule has 18 heavy (non-hydrogen) atoms. The smallest absolute Gasteiger partial charge is 0.00104 e. The number of hydrogen-bond acceptors (Lipinski definition) is 1. The third kappa shape index (κ3) is 3.98. The summed E-state index contributed by atoms with van der Waals surface area (Å²) in [6.07, 6.45) is 12.0. The first-order valence-electron chi connectivity index (χ1n) is 8.40. The molecule has 0 aromatic rings. The van der Waals surface area contributed by atoms with Gasteiger partial charge in [0.15, 0.2) is 0 Å². The molecule has 0 bridgehead atoms. The van der Waals surface area contributed by atoms with Crippen molar-refractivity contribution in [2.75, 3.05) is 6.54 Å². The standard InChI is InChI=1S/C17H33N/c1-13(2)18-12-16-8-4-5-10-17(16)15-9-6-7-14(3)11-15/h13-18H,4-12H2,1-3H3. The van der Waals surface area contributed by atoms with Crippen molar-refractivity contribution in [3.63, 3.8) is 0 Å². The van der Waals surface area contributed by atoms with Gasteiger partial charge >= 0.3 is 0 Å². The monoisotopic (exact) mass is 251 g/mol. The number of rotatable bonds is 4. The topological polar surface area (TPSA) is 12.0 Å². The van der Waals surface area contributed by atoms with Crippen molar-refractivity contribution in [1.82, 2.24) is 5.32 Å². The molecule has 0 spiro atoms. The zero-order valence-electron chi connectivity index (χ0n) is 12.8. The fourth-order valence-corrected chi connectivity index (χ4v) is 4.37. The van der Waals surface area contributed by atoms with Gasteiger partial charge in [-0.2, -0.15) is 0 Å². The summed E-state index contributed by atoms with van der Waals surface area (Å²) in [7, 11) is 0. The molecule has 1 heteroatoms. The lowest BCUT2D eigenvalue weighted by Gasteiger charge is -2.41. The van der Waals surface area contributed by atoms with Gasteiger partial charge in [-0.25, -0.2) is 0 Å². The molecule has 0 aliphatic heterocycles. The molecule has 4 unspecified atom stereocenters. The molecule has 1 nitrogen and oxygen atoms in total. The van der Waals surface area contributed by atoms with Crippen molar-refractivity contribution in [1.29, 1.82) is 0 Å². The molecule has 1 N–H and O–H groups in total. The van der Waals surface area contributed by atoms with E-state index in [2.05, 4.69) is 26.1 Å². The van der Waals surface area contributed by atoms with E-state index in [4.69, 9.17) is 0 Å². The zero-order valence-corrected chi connectivity index (χ0v) is 12.8. The van der Waals surface area contributed by atoms with E-state index in [0.717, 1.165) is 23.7 Å². The summed E-state index contributed by atoms with van der Waals surface area (Å²) < 4.78 is 0. The van der Waals surface area contributed by atoms with E-state index >= 15 is 0 Å². The zero-order chi connectivity index (χ0) is 13.0. The van der Waals surface area contributed by atoms with Crippen molar-refractivity contribution in [2.24, 2.45) is 23.7 Å². The average molecular weight is 251 g/mol. The van der Waals surface area contributed by atoms with Gasteiger partial charge in [-0.05, 0) is 49.5 Å². The van der Waals surface area contributed by atoms with Crippen LogP contribution in [0.25, 0.3) is 0 Å². The maximum atomic E-state index is 3.70. The SMILES string of the molecule is CC1CCCC(C2CCCCC2CNC(C)C)C1. The molecule has 0 saturated heterocycles. The minimum atomic E-state index is 0.651. The molecule has 106 valence electrons. The Morgan fingerprint density at radius 1 is 1.00 bits per heavy atom. The lowest BCUT2D eigenvalue weighted by Crippen LogP contribution is -2.38. The molecule has 2 fully saturated rings. The second-order valence-corrected chi connectivity index (χ2v) is 7.30. The van der Waals surface area contributed by atoms with Gasteiger partial charge in [0, 0.05) is 6.04 Å². The van der Waals surface area contributed by atoms with Gasteiger partial charge in [0.2, 0.25) is 0 Å². The Morgan fingerprint density at radius 2 is 1.78 bits per heavy atom. The molecule has 0 aromatic heterocycles. The van der Waals surface area contributed by atoms with Gasteiger partial charge in [0.1, 0.15) is 0 Å². The summed E-state index contributed by atoms with van der Waals surface area (Å²) in [6, 6.07) is 0.651. The highest BCUT2D eigenvalue weighted by Gasteiger charge is 2.33. The molecule has 2 saturated carbocycles. The van der Waals surface area contributed by atoms with Crippen molar-refractivity contribution < 1.29 is 0 Å². The van der Waals surface area contributed by atoms with Crippen LogP contribution < -0.4 is 5.32 Å². The lowest BCUT2D eigenvalue weighted by atomic mass is 9.66. The van der Waals surface area contributed by atoms with Gasteiger partial charge in [-0.15, -0.1) is 0 Å².